The lowest BCUT2D eigenvalue weighted by molar-refractivity contribution is -0.115. The Balaban J connectivity index is 1.89. The highest BCUT2D eigenvalue weighted by Crippen LogP contribution is 2.37. The summed E-state index contributed by atoms with van der Waals surface area (Å²) in [5, 5.41) is 13.2. The number of halogens is 2. The second-order valence-electron chi connectivity index (χ2n) is 5.00. The molecule has 25 heavy (non-hydrogen) atoms. The average Bonchev–Trinajstić information content (AvgIpc) is 2.92. The molecule has 2 aromatic rings. The van der Waals surface area contributed by atoms with Crippen LogP contribution in [0.3, 0.4) is 0 Å². The van der Waals surface area contributed by atoms with Crippen molar-refractivity contribution in [2.75, 3.05) is 7.11 Å². The van der Waals surface area contributed by atoms with E-state index in [-0.39, 0.29) is 17.5 Å². The Labute approximate surface area is 155 Å². The molecule has 0 spiro atoms. The number of aliphatic imine (C=N–C) groups is 1. The number of methoxy groups -OCH3 is 1. The molecule has 0 aliphatic carbocycles. The predicted molar refractivity (Wildman–Crippen MR) is 99.6 cm³/mol. The van der Waals surface area contributed by atoms with Crippen LogP contribution in [0.5, 0.6) is 11.5 Å². The highest BCUT2D eigenvalue weighted by molar-refractivity contribution is 9.10. The summed E-state index contributed by atoms with van der Waals surface area (Å²) in [7, 11) is 1.45. The third kappa shape index (κ3) is 4.02. The van der Waals surface area contributed by atoms with E-state index in [1.165, 1.54) is 31.4 Å². The van der Waals surface area contributed by atoms with Crippen LogP contribution in [-0.4, -0.2) is 23.3 Å². The Hall–Kier alpha value is -2.32. The zero-order valence-electron chi connectivity index (χ0n) is 12.9. The maximum Gasteiger partial charge on any atom is 0.264 e. The summed E-state index contributed by atoms with van der Waals surface area (Å²) in [4.78, 5) is 16.7. The molecule has 0 unspecified atom stereocenters. The molecule has 1 heterocycles. The van der Waals surface area contributed by atoms with E-state index in [0.717, 1.165) is 11.8 Å². The predicted octanol–water partition coefficient (Wildman–Crippen LogP) is 4.19. The molecule has 0 saturated carbocycles. The molecule has 1 aliphatic rings. The van der Waals surface area contributed by atoms with Gasteiger partial charge in [0.2, 0.25) is 0 Å². The lowest BCUT2D eigenvalue weighted by atomic mass is 10.1. The van der Waals surface area contributed by atoms with Crippen LogP contribution < -0.4 is 10.1 Å². The molecule has 5 nitrogen and oxygen atoms in total. The first-order valence-corrected chi connectivity index (χ1v) is 8.69. The first kappa shape index (κ1) is 17.5. The molecule has 2 N–H and O–H groups in total. The molecule has 1 saturated heterocycles. The van der Waals surface area contributed by atoms with Gasteiger partial charge in [-0.15, -0.1) is 0 Å². The minimum Gasteiger partial charge on any atom is -0.504 e. The van der Waals surface area contributed by atoms with E-state index in [4.69, 9.17) is 4.74 Å². The van der Waals surface area contributed by atoms with E-state index in [1.807, 2.05) is 0 Å². The van der Waals surface area contributed by atoms with E-state index in [2.05, 4.69) is 26.2 Å². The number of rotatable bonds is 3. The van der Waals surface area contributed by atoms with Crippen molar-refractivity contribution in [3.05, 3.63) is 57.2 Å². The first-order valence-electron chi connectivity index (χ1n) is 7.08. The minimum atomic E-state index is -0.355. The topological polar surface area (TPSA) is 70.9 Å². The van der Waals surface area contributed by atoms with Crippen LogP contribution in [0.2, 0.25) is 0 Å². The van der Waals surface area contributed by atoms with E-state index >= 15 is 0 Å². The number of nitrogens with one attached hydrogen (secondary N) is 1. The zero-order chi connectivity index (χ0) is 18.0. The van der Waals surface area contributed by atoms with Gasteiger partial charge in [0.1, 0.15) is 5.82 Å². The highest BCUT2D eigenvalue weighted by atomic mass is 79.9. The van der Waals surface area contributed by atoms with Crippen molar-refractivity contribution < 1.29 is 19.0 Å². The van der Waals surface area contributed by atoms with Gasteiger partial charge in [-0.2, -0.15) is 0 Å². The van der Waals surface area contributed by atoms with Crippen molar-refractivity contribution in [1.29, 1.82) is 0 Å². The third-order valence-electron chi connectivity index (χ3n) is 3.28. The summed E-state index contributed by atoms with van der Waals surface area (Å²) in [6.07, 6.45) is 1.55. The number of hydrogen-bond acceptors (Lipinski definition) is 5. The fraction of sp³-hybridized carbons (Fsp3) is 0.0588. The largest absolute Gasteiger partial charge is 0.504 e. The standard InChI is InChI=1S/C17H12BrFN2O3S/c1-24-13-8-10(18)6-9(15(13)22)7-14-16(23)21-17(25-14)20-12-4-2-11(19)3-5-12/h2-8,22H,1H3,(H,20,21,23). The van der Waals surface area contributed by atoms with Crippen LogP contribution >= 0.6 is 27.7 Å². The Bertz CT molecular complexity index is 898. The molecule has 0 radical (unpaired) electrons. The van der Waals surface area contributed by atoms with E-state index in [9.17, 15) is 14.3 Å². The number of carbonyl (C=O) groups excluding carboxylic acids is 1. The van der Waals surface area contributed by atoms with Gasteiger partial charge in [0.25, 0.3) is 5.91 Å². The number of nitrogens with zero attached hydrogens (tertiary/aromatic N) is 1. The molecule has 1 amide bonds. The smallest absolute Gasteiger partial charge is 0.264 e. The number of phenolic OH excluding ortho intramolecular Hbond substituents is 1. The number of ether oxygens (including phenoxy) is 1. The number of amides is 1. The van der Waals surface area contributed by atoms with E-state index in [1.54, 1.807) is 18.2 Å². The quantitative estimate of drug-likeness (QED) is 0.727. The van der Waals surface area contributed by atoms with Gasteiger partial charge in [-0.1, -0.05) is 15.9 Å². The fourth-order valence-electron chi connectivity index (χ4n) is 2.11. The van der Waals surface area contributed by atoms with Gasteiger partial charge in [0.05, 0.1) is 17.7 Å². The van der Waals surface area contributed by atoms with Gasteiger partial charge in [-0.3, -0.25) is 4.79 Å². The number of aromatic hydroxyl groups is 1. The van der Waals surface area contributed by atoms with Crippen molar-refractivity contribution in [3.63, 3.8) is 0 Å². The van der Waals surface area contributed by atoms with Gasteiger partial charge in [-0.05, 0) is 54.2 Å². The summed E-state index contributed by atoms with van der Waals surface area (Å²) >= 11 is 4.46. The molecular weight excluding hydrogens is 411 g/mol. The van der Waals surface area contributed by atoms with Crippen LogP contribution in [-0.2, 0) is 4.79 Å². The number of carbonyl (C=O) groups is 1. The number of amidine groups is 1. The Kier molecular flexibility index (Phi) is 5.10. The second-order valence-corrected chi connectivity index (χ2v) is 6.95. The molecule has 3 rings (SSSR count). The number of hydrogen-bond donors (Lipinski definition) is 2. The van der Waals surface area contributed by atoms with Gasteiger partial charge >= 0.3 is 0 Å². The van der Waals surface area contributed by atoms with E-state index in [0.29, 0.717) is 31.5 Å². The lowest BCUT2D eigenvalue weighted by Gasteiger charge is -2.07. The summed E-state index contributed by atoms with van der Waals surface area (Å²) in [6, 6.07) is 8.92. The highest BCUT2D eigenvalue weighted by Gasteiger charge is 2.24. The third-order valence-corrected chi connectivity index (χ3v) is 4.65. The molecule has 0 atom stereocenters. The van der Waals surface area contributed by atoms with Crippen molar-refractivity contribution in [2.24, 2.45) is 4.99 Å². The molecule has 0 bridgehead atoms. The van der Waals surface area contributed by atoms with Crippen molar-refractivity contribution in [3.8, 4) is 11.5 Å². The number of benzene rings is 2. The Morgan fingerprint density at radius 1 is 1.32 bits per heavy atom. The Morgan fingerprint density at radius 2 is 2.04 bits per heavy atom. The number of phenols is 1. The molecule has 1 aliphatic heterocycles. The maximum atomic E-state index is 12.9. The zero-order valence-corrected chi connectivity index (χ0v) is 15.3. The molecule has 128 valence electrons. The van der Waals surface area contributed by atoms with Crippen LogP contribution in [0, 0.1) is 5.82 Å². The summed E-state index contributed by atoms with van der Waals surface area (Å²) in [5.41, 5.74) is 0.962. The summed E-state index contributed by atoms with van der Waals surface area (Å²) in [5.74, 6) is -0.448. The summed E-state index contributed by atoms with van der Waals surface area (Å²) in [6.45, 7) is 0. The SMILES string of the molecule is COc1cc(Br)cc(C=C2SC(=Nc3ccc(F)cc3)NC2=O)c1O. The maximum absolute atomic E-state index is 12.9. The van der Waals surface area contributed by atoms with Crippen molar-refractivity contribution in [2.45, 2.75) is 0 Å². The van der Waals surface area contributed by atoms with Crippen LogP contribution in [0.25, 0.3) is 6.08 Å². The van der Waals surface area contributed by atoms with Crippen LogP contribution in [0.4, 0.5) is 10.1 Å². The van der Waals surface area contributed by atoms with Gasteiger partial charge in [0.15, 0.2) is 16.7 Å². The normalized spacial score (nSPS) is 17.2. The first-order chi connectivity index (χ1) is 12.0. The fourth-order valence-corrected chi connectivity index (χ4v) is 3.40. The van der Waals surface area contributed by atoms with Crippen molar-refractivity contribution >= 4 is 50.5 Å². The van der Waals surface area contributed by atoms with E-state index < -0.39 is 0 Å². The molecule has 0 aromatic heterocycles. The second kappa shape index (κ2) is 7.28. The molecule has 1 fully saturated rings. The Morgan fingerprint density at radius 3 is 2.72 bits per heavy atom. The van der Waals surface area contributed by atoms with Gasteiger partial charge < -0.3 is 15.2 Å². The van der Waals surface area contributed by atoms with Gasteiger partial charge in [-0.25, -0.2) is 9.38 Å². The average molecular weight is 423 g/mol. The van der Waals surface area contributed by atoms with Crippen LogP contribution in [0.15, 0.2) is 50.8 Å². The monoisotopic (exact) mass is 422 g/mol. The van der Waals surface area contributed by atoms with Gasteiger partial charge in [0, 0.05) is 10.0 Å². The molecule has 8 heteroatoms. The number of thioether (sulfide) groups is 1. The summed E-state index contributed by atoms with van der Waals surface area (Å²) < 4.78 is 18.7. The molecular formula is C17H12BrFN2O3S. The van der Waals surface area contributed by atoms with Crippen LogP contribution in [0.1, 0.15) is 5.56 Å². The molecule has 2 aromatic carbocycles. The van der Waals surface area contributed by atoms with Crippen molar-refractivity contribution in [1.82, 2.24) is 5.32 Å². The lowest BCUT2D eigenvalue weighted by Crippen LogP contribution is -2.19. The minimum absolute atomic E-state index is 0.0597.